The summed E-state index contributed by atoms with van der Waals surface area (Å²) in [5.41, 5.74) is 2.28. The molecule has 1 rings (SSSR count). The van der Waals surface area contributed by atoms with Crippen LogP contribution < -0.4 is 0 Å². The molecule has 6 heteroatoms. The van der Waals surface area contributed by atoms with Gasteiger partial charge in [-0.05, 0) is 46.0 Å². The maximum atomic E-state index is 11.5. The van der Waals surface area contributed by atoms with E-state index in [1.54, 1.807) is 13.0 Å². The Labute approximate surface area is 187 Å². The zero-order chi connectivity index (χ0) is 24.2. The molecule has 1 heterocycles. The van der Waals surface area contributed by atoms with Gasteiger partial charge in [0.2, 0.25) is 0 Å². The van der Waals surface area contributed by atoms with Gasteiger partial charge in [0, 0.05) is 0 Å². The monoisotopic (exact) mass is 434 g/mol. The third-order valence-corrected chi connectivity index (χ3v) is 4.13. The Bertz CT molecular complexity index is 653. The zero-order valence-corrected chi connectivity index (χ0v) is 19.6. The molecule has 0 spiro atoms. The van der Waals surface area contributed by atoms with Gasteiger partial charge in [0.05, 0.1) is 18.8 Å². The first kappa shape index (κ1) is 30.4. The predicted molar refractivity (Wildman–Crippen MR) is 123 cm³/mol. The van der Waals surface area contributed by atoms with Crippen LogP contribution in [0, 0.1) is 11.8 Å². The highest BCUT2D eigenvalue weighted by molar-refractivity contribution is 5.94. The smallest absolute Gasteiger partial charge is 0.317 e. The number of esters is 3. The van der Waals surface area contributed by atoms with Crippen molar-refractivity contribution in [2.75, 3.05) is 0 Å². The number of cyclic esters (lactones) is 2. The third-order valence-electron chi connectivity index (χ3n) is 4.13. The highest BCUT2D eigenvalue weighted by atomic mass is 16.6. The summed E-state index contributed by atoms with van der Waals surface area (Å²) in [6, 6.07) is 0. The zero-order valence-electron chi connectivity index (χ0n) is 19.6. The number of unbranched alkanes of at least 4 members (excludes halogenated alkanes) is 1. The van der Waals surface area contributed by atoms with Gasteiger partial charge in [-0.25, -0.2) is 0 Å². The largest absolute Gasteiger partial charge is 0.395 e. The normalized spacial score (nSPS) is 15.8. The minimum atomic E-state index is -0.609. The number of allylic oxidation sites excluding steroid dienone is 6. The number of carbonyl (C=O) groups is 4. The van der Waals surface area contributed by atoms with Gasteiger partial charge in [-0.2, -0.15) is 0 Å². The van der Waals surface area contributed by atoms with Gasteiger partial charge in [-0.1, -0.05) is 55.7 Å². The van der Waals surface area contributed by atoms with Crippen molar-refractivity contribution >= 4 is 24.4 Å². The molecule has 0 aromatic heterocycles. The molecule has 1 aliphatic heterocycles. The molecular formula is C25H38O6. The molecule has 1 saturated heterocycles. The van der Waals surface area contributed by atoms with Crippen LogP contribution in [0.3, 0.4) is 0 Å². The average molecular weight is 435 g/mol. The van der Waals surface area contributed by atoms with Gasteiger partial charge >= 0.3 is 24.4 Å². The van der Waals surface area contributed by atoms with E-state index in [9.17, 15) is 19.2 Å². The van der Waals surface area contributed by atoms with Crippen LogP contribution in [0.4, 0.5) is 0 Å². The molecule has 0 saturated carbocycles. The third kappa shape index (κ3) is 17.8. The Hall–Kier alpha value is -2.76. The fourth-order valence-electron chi connectivity index (χ4n) is 2.43. The molecule has 0 bridgehead atoms. The van der Waals surface area contributed by atoms with Crippen molar-refractivity contribution < 1.29 is 28.7 Å². The summed E-state index contributed by atoms with van der Waals surface area (Å²) >= 11 is 0. The summed E-state index contributed by atoms with van der Waals surface area (Å²) in [5, 5.41) is 0. The molecule has 0 aliphatic carbocycles. The van der Waals surface area contributed by atoms with Crippen molar-refractivity contribution in [2.24, 2.45) is 11.8 Å². The molecule has 0 amide bonds. The van der Waals surface area contributed by atoms with Crippen molar-refractivity contribution in [3.05, 3.63) is 48.6 Å². The van der Waals surface area contributed by atoms with Crippen molar-refractivity contribution in [3.8, 4) is 0 Å². The van der Waals surface area contributed by atoms with Crippen LogP contribution in [0.15, 0.2) is 48.6 Å². The Balaban J connectivity index is 0. The van der Waals surface area contributed by atoms with Crippen LogP contribution in [-0.2, 0) is 28.7 Å². The lowest BCUT2D eigenvalue weighted by Crippen LogP contribution is -2.10. The number of carbonyl (C=O) groups excluding carboxylic acids is 4. The highest BCUT2D eigenvalue weighted by Gasteiger charge is 2.33. The Kier molecular flexibility index (Phi) is 18.9. The lowest BCUT2D eigenvalue weighted by Gasteiger charge is -2.11. The molecule has 1 fully saturated rings. The minimum Gasteiger partial charge on any atom is -0.395 e. The van der Waals surface area contributed by atoms with Crippen LogP contribution in [0.5, 0.6) is 0 Å². The summed E-state index contributed by atoms with van der Waals surface area (Å²) in [4.78, 5) is 43.8. The van der Waals surface area contributed by atoms with E-state index < -0.39 is 23.8 Å². The molecule has 0 aromatic rings. The fourth-order valence-corrected chi connectivity index (χ4v) is 2.43. The quantitative estimate of drug-likeness (QED) is 0.191. The second-order valence-electron chi connectivity index (χ2n) is 7.43. The second-order valence-corrected chi connectivity index (χ2v) is 7.43. The van der Waals surface area contributed by atoms with Crippen LogP contribution in [0.25, 0.3) is 0 Å². The molecule has 2 atom stereocenters. The van der Waals surface area contributed by atoms with Gasteiger partial charge in [0.15, 0.2) is 0 Å². The summed E-state index contributed by atoms with van der Waals surface area (Å²) in [7, 11) is 0. The molecule has 6 nitrogen and oxygen atoms in total. The molecule has 0 radical (unpaired) electrons. The maximum Gasteiger partial charge on any atom is 0.317 e. The Morgan fingerprint density at radius 1 is 1.26 bits per heavy atom. The molecule has 1 aliphatic rings. The fraction of sp³-hybridized carbons (Fsp3) is 0.520. The van der Waals surface area contributed by atoms with E-state index in [4.69, 9.17) is 0 Å². The summed E-state index contributed by atoms with van der Waals surface area (Å²) in [5.74, 6) is -2.26. The minimum absolute atomic E-state index is 0.0629. The van der Waals surface area contributed by atoms with E-state index in [0.29, 0.717) is 12.8 Å². The molecule has 0 aromatic carbocycles. The predicted octanol–water partition coefficient (Wildman–Crippen LogP) is 5.64. The van der Waals surface area contributed by atoms with E-state index in [1.165, 1.54) is 12.0 Å². The molecule has 0 N–H and O–H groups in total. The summed E-state index contributed by atoms with van der Waals surface area (Å²) in [6.45, 7) is 17.4. The number of hydrogen-bond acceptors (Lipinski definition) is 6. The van der Waals surface area contributed by atoms with Crippen LogP contribution in [0.2, 0.25) is 0 Å². The molecule has 2 unspecified atom stereocenters. The topological polar surface area (TPSA) is 86.7 Å². The average Bonchev–Trinajstić information content (AvgIpc) is 3.00. The second kappa shape index (κ2) is 19.2. The van der Waals surface area contributed by atoms with Gasteiger partial charge in [0.1, 0.15) is 0 Å². The highest BCUT2D eigenvalue weighted by Crippen LogP contribution is 2.26. The molecular weight excluding hydrogens is 396 g/mol. The van der Waals surface area contributed by atoms with Gasteiger partial charge in [0.25, 0.3) is 0 Å². The number of ether oxygens (including phenoxy) is 2. The SMILES string of the molecule is C=CC/C(=C\C(C)CC(=O)OC=O)CC1CC(=O)OC1=O.C=CCCC.CC=C(C)C. The van der Waals surface area contributed by atoms with E-state index >= 15 is 0 Å². The lowest BCUT2D eigenvalue weighted by atomic mass is 9.92. The first-order valence-electron chi connectivity index (χ1n) is 10.5. The Morgan fingerprint density at radius 3 is 2.23 bits per heavy atom. The van der Waals surface area contributed by atoms with E-state index in [2.05, 4.69) is 49.5 Å². The first-order chi connectivity index (χ1) is 14.6. The summed E-state index contributed by atoms with van der Waals surface area (Å²) < 4.78 is 8.74. The van der Waals surface area contributed by atoms with E-state index in [1.807, 2.05) is 19.1 Å². The van der Waals surface area contributed by atoms with Crippen molar-refractivity contribution in [1.29, 1.82) is 0 Å². The number of hydrogen-bond donors (Lipinski definition) is 0. The van der Waals surface area contributed by atoms with Crippen LogP contribution >= 0.6 is 0 Å². The standard InChI is InChI=1S/C15H18O6.2C5H10/c1-3-4-11(5-10(2)6-13(17)20-9-16)7-12-8-14(18)21-15(12)19;1-4-5(2)3;1-3-5-4-2/h3,5,9-10,12H,1,4,6-8H2,2H3;4H,1-3H3;3H,1,4-5H2,2H3/b11-5+;;. The maximum absolute atomic E-state index is 11.5. The Morgan fingerprint density at radius 2 is 1.87 bits per heavy atom. The first-order valence-corrected chi connectivity index (χ1v) is 10.5. The van der Waals surface area contributed by atoms with E-state index in [-0.39, 0.29) is 25.2 Å². The van der Waals surface area contributed by atoms with Gasteiger partial charge < -0.3 is 9.47 Å². The van der Waals surface area contributed by atoms with Crippen LogP contribution in [0.1, 0.15) is 73.1 Å². The van der Waals surface area contributed by atoms with Crippen molar-refractivity contribution in [1.82, 2.24) is 0 Å². The van der Waals surface area contributed by atoms with Crippen LogP contribution in [-0.4, -0.2) is 24.4 Å². The van der Waals surface area contributed by atoms with Crippen molar-refractivity contribution in [3.63, 3.8) is 0 Å². The molecule has 174 valence electrons. The summed E-state index contributed by atoms with van der Waals surface area (Å²) in [6.07, 6.45) is 11.0. The van der Waals surface area contributed by atoms with Crippen molar-refractivity contribution in [2.45, 2.75) is 73.1 Å². The van der Waals surface area contributed by atoms with E-state index in [0.717, 1.165) is 12.0 Å². The van der Waals surface area contributed by atoms with Gasteiger partial charge in [-0.15, -0.1) is 13.2 Å². The van der Waals surface area contributed by atoms with Gasteiger partial charge in [-0.3, -0.25) is 19.2 Å². The number of rotatable bonds is 10. The lowest BCUT2D eigenvalue weighted by molar-refractivity contribution is -0.154. The molecule has 31 heavy (non-hydrogen) atoms.